The lowest BCUT2D eigenvalue weighted by molar-refractivity contribution is -0.383. The van der Waals surface area contributed by atoms with Crippen molar-refractivity contribution in [3.8, 4) is 10.4 Å². The molecule has 1 saturated heterocycles. The van der Waals surface area contributed by atoms with Crippen LogP contribution in [-0.2, 0) is 0 Å². The molecule has 1 fully saturated rings. The first-order chi connectivity index (χ1) is 13.7. The van der Waals surface area contributed by atoms with Crippen molar-refractivity contribution >= 4 is 28.7 Å². The van der Waals surface area contributed by atoms with Gasteiger partial charge in [0.25, 0.3) is 5.69 Å². The normalized spacial score (nSPS) is 15.8. The third-order valence-corrected chi connectivity index (χ3v) is 6.28. The van der Waals surface area contributed by atoms with Gasteiger partial charge in [0, 0.05) is 23.0 Å². The largest absolute Gasteiger partial charge is 0.338 e. The number of urea groups is 1. The number of amides is 2. The summed E-state index contributed by atoms with van der Waals surface area (Å²) in [6.45, 7) is 9.27. The van der Waals surface area contributed by atoms with Gasteiger partial charge in [-0.25, -0.2) is 4.79 Å². The summed E-state index contributed by atoms with van der Waals surface area (Å²) in [4.78, 5) is 26.7. The van der Waals surface area contributed by atoms with Crippen molar-refractivity contribution in [2.45, 2.75) is 39.2 Å². The van der Waals surface area contributed by atoms with Crippen LogP contribution < -0.4 is 10.6 Å². The number of likely N-dealkylation sites (tertiary alicyclic amines) is 1. The van der Waals surface area contributed by atoms with Crippen LogP contribution in [0.1, 0.15) is 33.6 Å². The average molecular weight is 417 g/mol. The van der Waals surface area contributed by atoms with Gasteiger partial charge >= 0.3 is 6.03 Å². The Hall–Kier alpha value is -2.45. The second-order valence-electron chi connectivity index (χ2n) is 8.40. The number of piperidine rings is 1. The Labute approximate surface area is 175 Å². The molecule has 0 radical (unpaired) electrons. The number of nitrogens with zero attached hydrogens (tertiary/aromatic N) is 2. The van der Waals surface area contributed by atoms with E-state index < -0.39 is 11.0 Å². The van der Waals surface area contributed by atoms with Gasteiger partial charge in [-0.1, -0.05) is 6.07 Å². The predicted molar refractivity (Wildman–Crippen MR) is 117 cm³/mol. The van der Waals surface area contributed by atoms with Gasteiger partial charge in [-0.05, 0) is 81.8 Å². The molecule has 1 aliphatic rings. The molecule has 2 aromatic rings. The molecule has 2 amide bonds. The molecule has 3 rings (SSSR count). The van der Waals surface area contributed by atoms with Crippen LogP contribution in [-0.4, -0.2) is 41.0 Å². The molecule has 1 aromatic carbocycles. The first kappa shape index (κ1) is 21.3. The van der Waals surface area contributed by atoms with Crippen molar-refractivity contribution in [1.29, 1.82) is 0 Å². The van der Waals surface area contributed by atoms with E-state index >= 15 is 0 Å². The molecule has 0 saturated carbocycles. The molecular weight excluding hydrogens is 388 g/mol. The van der Waals surface area contributed by atoms with Crippen molar-refractivity contribution in [3.05, 3.63) is 45.8 Å². The summed E-state index contributed by atoms with van der Waals surface area (Å²) in [6, 6.07) is 8.26. The van der Waals surface area contributed by atoms with E-state index in [0.717, 1.165) is 36.4 Å². The number of thiophene rings is 1. The van der Waals surface area contributed by atoms with Crippen LogP contribution in [0, 0.1) is 16.0 Å². The van der Waals surface area contributed by atoms with Crippen LogP contribution >= 0.6 is 11.3 Å². The zero-order valence-corrected chi connectivity index (χ0v) is 17.9. The molecule has 29 heavy (non-hydrogen) atoms. The number of nitrogens with one attached hydrogen (secondary N) is 2. The fraction of sp³-hybridized carbons (Fsp3) is 0.476. The number of nitro benzene ring substituents is 1. The summed E-state index contributed by atoms with van der Waals surface area (Å²) in [5.74, 6) is 0.423. The molecule has 8 heteroatoms. The lowest BCUT2D eigenvalue weighted by Gasteiger charge is -2.40. The molecule has 1 aromatic heterocycles. The Balaban J connectivity index is 1.59. The Morgan fingerprint density at radius 3 is 2.59 bits per heavy atom. The Morgan fingerprint density at radius 2 is 2.00 bits per heavy atom. The maximum absolute atomic E-state index is 12.4. The van der Waals surface area contributed by atoms with Gasteiger partial charge < -0.3 is 10.6 Å². The number of rotatable bonds is 5. The highest BCUT2D eigenvalue weighted by Crippen LogP contribution is 2.32. The standard InChI is InChI=1S/C21H28N4O3S/c1-21(2,3)24-10-8-15(9-11-24)14-22-20(26)23-17-13-16(19-5-4-12-29-19)6-7-18(17)25(27)28/h4-7,12-13,15H,8-11,14H2,1-3H3,(H2,22,23,26). The van der Waals surface area contributed by atoms with Crippen molar-refractivity contribution in [3.63, 3.8) is 0 Å². The van der Waals surface area contributed by atoms with Crippen molar-refractivity contribution < 1.29 is 9.72 Å². The van der Waals surface area contributed by atoms with Crippen LogP contribution in [0.15, 0.2) is 35.7 Å². The van der Waals surface area contributed by atoms with Gasteiger partial charge in [-0.3, -0.25) is 15.0 Å². The first-order valence-corrected chi connectivity index (χ1v) is 10.7. The maximum Gasteiger partial charge on any atom is 0.319 e. The SMILES string of the molecule is CC(C)(C)N1CCC(CNC(=O)Nc2cc(-c3cccs3)ccc2[N+](=O)[O-])CC1. The van der Waals surface area contributed by atoms with Gasteiger partial charge in [-0.15, -0.1) is 11.3 Å². The van der Waals surface area contributed by atoms with Gasteiger partial charge in [0.1, 0.15) is 5.69 Å². The van der Waals surface area contributed by atoms with Gasteiger partial charge in [0.15, 0.2) is 0 Å². The third-order valence-electron chi connectivity index (χ3n) is 5.36. The minimum absolute atomic E-state index is 0.112. The average Bonchev–Trinajstić information content (AvgIpc) is 3.20. The quantitative estimate of drug-likeness (QED) is 0.533. The lowest BCUT2D eigenvalue weighted by atomic mass is 9.93. The minimum atomic E-state index is -0.476. The fourth-order valence-electron chi connectivity index (χ4n) is 3.60. The highest BCUT2D eigenvalue weighted by atomic mass is 32.1. The predicted octanol–water partition coefficient (Wildman–Crippen LogP) is 4.96. The third kappa shape index (κ3) is 5.55. The Kier molecular flexibility index (Phi) is 6.54. The summed E-state index contributed by atoms with van der Waals surface area (Å²) in [5.41, 5.74) is 1.11. The summed E-state index contributed by atoms with van der Waals surface area (Å²) in [7, 11) is 0. The highest BCUT2D eigenvalue weighted by molar-refractivity contribution is 7.13. The van der Waals surface area contributed by atoms with E-state index in [1.54, 1.807) is 23.5 Å². The molecule has 0 bridgehead atoms. The molecule has 1 aliphatic heterocycles. The number of carbonyl (C=O) groups excluding carboxylic acids is 1. The van der Waals surface area contributed by atoms with E-state index in [4.69, 9.17) is 0 Å². The molecular formula is C21H28N4O3S. The van der Waals surface area contributed by atoms with Crippen molar-refractivity contribution in [2.24, 2.45) is 5.92 Å². The number of carbonyl (C=O) groups is 1. The molecule has 0 unspecified atom stereocenters. The van der Waals surface area contributed by atoms with E-state index in [1.807, 2.05) is 17.5 Å². The van der Waals surface area contributed by atoms with Crippen LogP contribution in [0.2, 0.25) is 0 Å². The zero-order valence-electron chi connectivity index (χ0n) is 17.1. The number of hydrogen-bond acceptors (Lipinski definition) is 5. The molecule has 0 aliphatic carbocycles. The molecule has 7 nitrogen and oxygen atoms in total. The summed E-state index contributed by atoms with van der Waals surface area (Å²) < 4.78 is 0. The first-order valence-electron chi connectivity index (χ1n) is 9.86. The van der Waals surface area contributed by atoms with Gasteiger partial charge in [-0.2, -0.15) is 0 Å². The van der Waals surface area contributed by atoms with Crippen molar-refractivity contribution in [1.82, 2.24) is 10.2 Å². The number of nitro groups is 1. The van der Waals surface area contributed by atoms with E-state index in [1.165, 1.54) is 6.07 Å². The van der Waals surface area contributed by atoms with E-state index in [2.05, 4.69) is 36.3 Å². The minimum Gasteiger partial charge on any atom is -0.338 e. The lowest BCUT2D eigenvalue weighted by Crippen LogP contribution is -2.47. The summed E-state index contributed by atoms with van der Waals surface area (Å²) >= 11 is 1.55. The molecule has 0 spiro atoms. The fourth-order valence-corrected chi connectivity index (χ4v) is 4.33. The summed E-state index contributed by atoms with van der Waals surface area (Å²) in [5, 5.41) is 18.9. The zero-order chi connectivity index (χ0) is 21.0. The maximum atomic E-state index is 12.4. The Morgan fingerprint density at radius 1 is 1.28 bits per heavy atom. The van der Waals surface area contributed by atoms with E-state index in [9.17, 15) is 14.9 Å². The topological polar surface area (TPSA) is 87.5 Å². The van der Waals surface area contributed by atoms with Gasteiger partial charge in [0.2, 0.25) is 0 Å². The monoisotopic (exact) mass is 416 g/mol. The highest BCUT2D eigenvalue weighted by Gasteiger charge is 2.27. The Bertz CT molecular complexity index is 853. The van der Waals surface area contributed by atoms with Crippen LogP contribution in [0.4, 0.5) is 16.2 Å². The van der Waals surface area contributed by atoms with Crippen molar-refractivity contribution in [2.75, 3.05) is 25.0 Å². The number of hydrogen-bond donors (Lipinski definition) is 2. The van der Waals surface area contributed by atoms with Gasteiger partial charge in [0.05, 0.1) is 4.92 Å². The second kappa shape index (κ2) is 8.92. The molecule has 2 N–H and O–H groups in total. The second-order valence-corrected chi connectivity index (χ2v) is 9.35. The van der Waals surface area contributed by atoms with Crippen LogP contribution in [0.25, 0.3) is 10.4 Å². The molecule has 2 heterocycles. The van der Waals surface area contributed by atoms with E-state index in [0.29, 0.717) is 12.5 Å². The van der Waals surface area contributed by atoms with Crippen LogP contribution in [0.5, 0.6) is 0 Å². The summed E-state index contributed by atoms with van der Waals surface area (Å²) in [6.07, 6.45) is 2.07. The molecule has 156 valence electrons. The molecule has 0 atom stereocenters. The van der Waals surface area contributed by atoms with Crippen LogP contribution in [0.3, 0.4) is 0 Å². The number of benzene rings is 1. The smallest absolute Gasteiger partial charge is 0.319 e. The number of anilines is 1. The van der Waals surface area contributed by atoms with E-state index in [-0.39, 0.29) is 16.9 Å².